The smallest absolute Gasteiger partial charge is 0.289 e. The highest BCUT2D eigenvalue weighted by molar-refractivity contribution is 5.91. The molecule has 1 saturated heterocycles. The number of nitrogens with zero attached hydrogens (tertiary/aromatic N) is 4. The van der Waals surface area contributed by atoms with Crippen LogP contribution in [0.5, 0.6) is 5.75 Å². The van der Waals surface area contributed by atoms with Crippen LogP contribution in [0.4, 0.5) is 0 Å². The van der Waals surface area contributed by atoms with Gasteiger partial charge in [-0.2, -0.15) is 0 Å². The van der Waals surface area contributed by atoms with Gasteiger partial charge in [-0.15, -0.1) is 10.2 Å². The first-order valence-electron chi connectivity index (χ1n) is 10.3. The normalized spacial score (nSPS) is 24.3. The predicted molar refractivity (Wildman–Crippen MR) is 104 cm³/mol. The van der Waals surface area contributed by atoms with E-state index in [0.29, 0.717) is 23.7 Å². The minimum atomic E-state index is -0.0619. The summed E-state index contributed by atoms with van der Waals surface area (Å²) in [6, 6.07) is 8.62. The summed E-state index contributed by atoms with van der Waals surface area (Å²) in [4.78, 5) is 15.1. The summed E-state index contributed by atoms with van der Waals surface area (Å²) >= 11 is 0. The van der Waals surface area contributed by atoms with Gasteiger partial charge < -0.3 is 14.6 Å². The van der Waals surface area contributed by atoms with Crippen LogP contribution in [0.2, 0.25) is 0 Å². The Labute approximate surface area is 165 Å². The predicted octanol–water partition coefficient (Wildman–Crippen LogP) is 1.87. The molecule has 1 amide bonds. The van der Waals surface area contributed by atoms with Crippen LogP contribution in [-0.2, 0) is 19.5 Å². The van der Waals surface area contributed by atoms with E-state index in [2.05, 4.69) is 37.1 Å². The van der Waals surface area contributed by atoms with Crippen molar-refractivity contribution in [2.75, 3.05) is 20.2 Å². The molecule has 2 aromatic rings. The third-order valence-electron chi connectivity index (χ3n) is 6.53. The second-order valence-electron chi connectivity index (χ2n) is 8.42. The van der Waals surface area contributed by atoms with Crippen molar-refractivity contribution in [3.8, 4) is 5.75 Å². The third kappa shape index (κ3) is 3.28. The van der Waals surface area contributed by atoms with E-state index in [-0.39, 0.29) is 5.91 Å². The maximum atomic E-state index is 12.6. The molecular weight excluding hydrogens is 354 g/mol. The first-order valence-corrected chi connectivity index (χ1v) is 10.3. The second kappa shape index (κ2) is 7.20. The quantitative estimate of drug-likeness (QED) is 0.856. The largest absolute Gasteiger partial charge is 0.497 e. The van der Waals surface area contributed by atoms with Gasteiger partial charge in [-0.1, -0.05) is 12.1 Å². The van der Waals surface area contributed by atoms with E-state index in [1.807, 2.05) is 12.1 Å². The van der Waals surface area contributed by atoms with Crippen LogP contribution in [-0.4, -0.2) is 51.8 Å². The highest BCUT2D eigenvalue weighted by atomic mass is 16.5. The van der Waals surface area contributed by atoms with Gasteiger partial charge in [0, 0.05) is 38.6 Å². The molecule has 1 N–H and O–H groups in total. The lowest BCUT2D eigenvalue weighted by molar-refractivity contribution is 0.0898. The summed E-state index contributed by atoms with van der Waals surface area (Å²) in [5.74, 6) is 3.43. The van der Waals surface area contributed by atoms with Gasteiger partial charge in [0.15, 0.2) is 0 Å². The molecule has 7 heteroatoms. The van der Waals surface area contributed by atoms with Crippen LogP contribution in [0, 0.1) is 11.8 Å². The molecule has 7 nitrogen and oxygen atoms in total. The molecule has 2 atom stereocenters. The number of nitrogens with one attached hydrogen (secondary N) is 1. The molecule has 0 spiro atoms. The Morgan fingerprint density at radius 3 is 2.86 bits per heavy atom. The van der Waals surface area contributed by atoms with E-state index >= 15 is 0 Å². The number of fused-ring (bicyclic) bond motifs is 2. The van der Waals surface area contributed by atoms with Crippen molar-refractivity contribution in [3.05, 3.63) is 41.5 Å². The van der Waals surface area contributed by atoms with Crippen LogP contribution in [0.15, 0.2) is 24.3 Å². The lowest BCUT2D eigenvalue weighted by Gasteiger charge is -2.28. The molecule has 1 aromatic carbocycles. The van der Waals surface area contributed by atoms with E-state index in [1.165, 1.54) is 12.0 Å². The zero-order chi connectivity index (χ0) is 19.1. The average Bonchev–Trinajstić information content (AvgIpc) is 3.25. The number of amides is 1. The minimum absolute atomic E-state index is 0.0619. The summed E-state index contributed by atoms with van der Waals surface area (Å²) in [6.45, 7) is 3.89. The molecule has 0 unspecified atom stereocenters. The number of carbonyl (C=O) groups is 1. The summed E-state index contributed by atoms with van der Waals surface area (Å²) in [7, 11) is 1.71. The standard InChI is InChI=1S/C21H27N5O2/c1-28-18-7-2-4-14(8-18)10-25-11-15-9-19-23-24-20(26(19)13-16(15)12-25)21(27)22-17-5-3-6-17/h2,4,7-8,15-17H,3,5-6,9-13H2,1H3,(H,22,27)/t15-,16-/m0/s1. The van der Waals surface area contributed by atoms with Crippen LogP contribution in [0.3, 0.4) is 0 Å². The van der Waals surface area contributed by atoms with Crippen LogP contribution in [0.25, 0.3) is 0 Å². The van der Waals surface area contributed by atoms with Gasteiger partial charge in [-0.05, 0) is 48.8 Å². The van der Waals surface area contributed by atoms with E-state index in [9.17, 15) is 4.79 Å². The number of benzene rings is 1. The molecule has 148 valence electrons. The molecule has 0 radical (unpaired) electrons. The summed E-state index contributed by atoms with van der Waals surface area (Å²) in [5, 5.41) is 11.7. The monoisotopic (exact) mass is 381 g/mol. The Morgan fingerprint density at radius 1 is 1.21 bits per heavy atom. The highest BCUT2D eigenvalue weighted by Gasteiger charge is 2.39. The van der Waals surface area contributed by atoms with Gasteiger partial charge >= 0.3 is 0 Å². The average molecular weight is 381 g/mol. The highest BCUT2D eigenvalue weighted by Crippen LogP contribution is 2.33. The fourth-order valence-electron chi connectivity index (χ4n) is 4.75. The molecule has 0 bridgehead atoms. The molecule has 28 heavy (non-hydrogen) atoms. The first-order chi connectivity index (χ1) is 13.7. The Bertz CT molecular complexity index is 875. The summed E-state index contributed by atoms with van der Waals surface area (Å²) < 4.78 is 7.41. The van der Waals surface area contributed by atoms with Gasteiger partial charge in [0.1, 0.15) is 11.6 Å². The fraction of sp³-hybridized carbons (Fsp3) is 0.571. The van der Waals surface area contributed by atoms with Crippen LogP contribution in [0.1, 0.15) is 41.3 Å². The van der Waals surface area contributed by atoms with E-state index in [0.717, 1.165) is 57.0 Å². The molecular formula is C21H27N5O2. The van der Waals surface area contributed by atoms with Gasteiger partial charge in [0.2, 0.25) is 5.82 Å². The van der Waals surface area contributed by atoms with Gasteiger partial charge in [-0.25, -0.2) is 0 Å². The number of carbonyl (C=O) groups excluding carboxylic acids is 1. The SMILES string of the molecule is COc1cccc(CN2C[C@@H]3Cc4nnc(C(=O)NC5CCC5)n4C[C@@H]3C2)c1. The minimum Gasteiger partial charge on any atom is -0.497 e. The Kier molecular flexibility index (Phi) is 4.55. The molecule has 3 heterocycles. The molecule has 2 fully saturated rings. The van der Waals surface area contributed by atoms with E-state index in [1.54, 1.807) is 7.11 Å². The van der Waals surface area contributed by atoms with Crippen molar-refractivity contribution < 1.29 is 9.53 Å². The van der Waals surface area contributed by atoms with Crippen molar-refractivity contribution >= 4 is 5.91 Å². The molecule has 1 aromatic heterocycles. The zero-order valence-electron chi connectivity index (χ0n) is 16.3. The van der Waals surface area contributed by atoms with E-state index < -0.39 is 0 Å². The Morgan fingerprint density at radius 2 is 2.07 bits per heavy atom. The van der Waals surface area contributed by atoms with Gasteiger partial charge in [-0.3, -0.25) is 9.69 Å². The summed E-state index contributed by atoms with van der Waals surface area (Å²) in [5.41, 5.74) is 1.28. The summed E-state index contributed by atoms with van der Waals surface area (Å²) in [6.07, 6.45) is 4.27. The first kappa shape index (κ1) is 17.7. The van der Waals surface area contributed by atoms with Crippen molar-refractivity contribution in [1.82, 2.24) is 25.0 Å². The number of ether oxygens (including phenoxy) is 1. The maximum absolute atomic E-state index is 12.6. The number of rotatable bonds is 5. The Hall–Kier alpha value is -2.41. The molecule has 2 aliphatic heterocycles. The number of methoxy groups -OCH3 is 1. The van der Waals surface area contributed by atoms with Crippen LogP contribution >= 0.6 is 0 Å². The second-order valence-corrected chi connectivity index (χ2v) is 8.42. The maximum Gasteiger partial charge on any atom is 0.289 e. The number of hydrogen-bond acceptors (Lipinski definition) is 5. The zero-order valence-corrected chi connectivity index (χ0v) is 16.3. The van der Waals surface area contributed by atoms with Crippen molar-refractivity contribution in [2.24, 2.45) is 11.8 Å². The van der Waals surface area contributed by atoms with Crippen LogP contribution < -0.4 is 10.1 Å². The lowest BCUT2D eigenvalue weighted by Crippen LogP contribution is -2.41. The van der Waals surface area contributed by atoms with E-state index in [4.69, 9.17) is 4.74 Å². The van der Waals surface area contributed by atoms with Crippen molar-refractivity contribution in [1.29, 1.82) is 0 Å². The number of aromatic nitrogens is 3. The molecule has 3 aliphatic rings. The van der Waals surface area contributed by atoms with Crippen molar-refractivity contribution in [3.63, 3.8) is 0 Å². The fourth-order valence-corrected chi connectivity index (χ4v) is 4.75. The van der Waals surface area contributed by atoms with Gasteiger partial charge in [0.25, 0.3) is 5.91 Å². The topological polar surface area (TPSA) is 72.3 Å². The Balaban J connectivity index is 1.25. The number of hydrogen-bond donors (Lipinski definition) is 1. The van der Waals surface area contributed by atoms with Gasteiger partial charge in [0.05, 0.1) is 7.11 Å². The number of likely N-dealkylation sites (tertiary alicyclic amines) is 1. The molecule has 5 rings (SSSR count). The van der Waals surface area contributed by atoms with Crippen molar-refractivity contribution in [2.45, 2.75) is 44.8 Å². The molecule has 1 aliphatic carbocycles. The lowest BCUT2D eigenvalue weighted by atomic mass is 9.89. The molecule has 1 saturated carbocycles. The third-order valence-corrected chi connectivity index (χ3v) is 6.53.